The van der Waals surface area contributed by atoms with Gasteiger partial charge in [-0.25, -0.2) is 0 Å². The molecule has 0 unspecified atom stereocenters. The van der Waals surface area contributed by atoms with Gasteiger partial charge in [-0.05, 0) is 30.2 Å². The molecule has 1 aliphatic rings. The summed E-state index contributed by atoms with van der Waals surface area (Å²) in [4.78, 5) is 14.5. The third-order valence-electron chi connectivity index (χ3n) is 3.93. The van der Waals surface area contributed by atoms with Crippen molar-refractivity contribution in [3.63, 3.8) is 0 Å². The summed E-state index contributed by atoms with van der Waals surface area (Å²) < 4.78 is 109. The van der Waals surface area contributed by atoms with Gasteiger partial charge in [0.2, 0.25) is 0 Å². The van der Waals surface area contributed by atoms with E-state index in [4.69, 9.17) is 9.47 Å². The zero-order valence-electron chi connectivity index (χ0n) is 16.3. The number of ether oxygens (including phenoxy) is 2. The van der Waals surface area contributed by atoms with E-state index in [-0.39, 0.29) is 48.8 Å². The summed E-state index contributed by atoms with van der Waals surface area (Å²) in [6.45, 7) is -0.610. The molecule has 0 atom stereocenters. The number of sulfonamides is 1. The molecule has 0 bridgehead atoms. The Morgan fingerprint density at radius 2 is 1.81 bits per heavy atom. The van der Waals surface area contributed by atoms with Crippen molar-refractivity contribution in [1.82, 2.24) is 10.0 Å². The fourth-order valence-electron chi connectivity index (χ4n) is 2.51. The minimum Gasteiger partial charge on any atom is -0.496 e. The Hall–Kier alpha value is -2.97. The predicted molar refractivity (Wildman–Crippen MR) is 101 cm³/mol. The van der Waals surface area contributed by atoms with Gasteiger partial charge in [-0.2, -0.15) is 34.8 Å². The van der Waals surface area contributed by atoms with Crippen LogP contribution in [0.25, 0.3) is 5.57 Å². The van der Waals surface area contributed by atoms with E-state index in [1.54, 1.807) is 5.32 Å². The normalized spacial score (nSPS) is 14.5. The van der Waals surface area contributed by atoms with Crippen molar-refractivity contribution in [2.45, 2.75) is 18.1 Å². The number of benzene rings is 1. The molecule has 1 aromatic rings. The Labute approximate surface area is 178 Å². The fourth-order valence-corrected chi connectivity index (χ4v) is 3.02. The van der Waals surface area contributed by atoms with Gasteiger partial charge in [0, 0.05) is 6.54 Å². The Bertz CT molecular complexity index is 1020. The molecule has 1 amide bonds. The van der Waals surface area contributed by atoms with E-state index in [2.05, 4.69) is 4.99 Å². The molecule has 2 rings (SSSR count). The Morgan fingerprint density at radius 1 is 1.16 bits per heavy atom. The van der Waals surface area contributed by atoms with Gasteiger partial charge in [-0.3, -0.25) is 14.5 Å². The number of amides is 1. The molecule has 1 heterocycles. The van der Waals surface area contributed by atoms with Gasteiger partial charge < -0.3 is 14.8 Å². The largest absolute Gasteiger partial charge is 0.516 e. The van der Waals surface area contributed by atoms with Crippen LogP contribution in [0.3, 0.4) is 0 Å². The van der Waals surface area contributed by atoms with Gasteiger partial charge in [0.1, 0.15) is 17.3 Å². The molecule has 0 aromatic heterocycles. The van der Waals surface area contributed by atoms with E-state index in [0.29, 0.717) is 0 Å². The summed E-state index contributed by atoms with van der Waals surface area (Å²) in [5.74, 6) is -2.20. The molecule has 0 saturated heterocycles. The average Bonchev–Trinajstić information content (AvgIpc) is 3.12. The number of nitrogens with one attached hydrogen (secondary N) is 2. The molecule has 0 saturated carbocycles. The highest BCUT2D eigenvalue weighted by Gasteiger charge is 2.46. The van der Waals surface area contributed by atoms with Crippen LogP contribution in [0.15, 0.2) is 29.3 Å². The van der Waals surface area contributed by atoms with E-state index in [1.807, 2.05) is 0 Å². The quantitative estimate of drug-likeness (QED) is 0.431. The van der Waals surface area contributed by atoms with E-state index in [0.717, 1.165) is 6.08 Å². The summed E-state index contributed by atoms with van der Waals surface area (Å²) in [6.07, 6.45) is -3.90. The van der Waals surface area contributed by atoms with Gasteiger partial charge in [-0.15, -0.1) is 0 Å². The highest BCUT2D eigenvalue weighted by molar-refractivity contribution is 7.90. The van der Waals surface area contributed by atoms with Crippen molar-refractivity contribution in [2.24, 2.45) is 4.99 Å². The molecule has 1 aromatic carbocycles. The van der Waals surface area contributed by atoms with Crippen molar-refractivity contribution >= 4 is 27.3 Å². The number of rotatable bonds is 8. The topological polar surface area (TPSA) is 106 Å². The SMILES string of the molecule is COc1cccc(OCCCNC(=O)C(F)(F)F)c1C1=CC(NS(=O)(=O)C(F)(F)F)=NC1. The lowest BCUT2D eigenvalue weighted by atomic mass is 10.0. The van der Waals surface area contributed by atoms with Gasteiger partial charge in [0.05, 0.1) is 25.8 Å². The molecule has 178 valence electrons. The number of amidine groups is 1. The Morgan fingerprint density at radius 3 is 2.41 bits per heavy atom. The first-order valence-corrected chi connectivity index (χ1v) is 10.2. The molecule has 0 radical (unpaired) electrons. The molecule has 15 heteroatoms. The summed E-state index contributed by atoms with van der Waals surface area (Å²) in [5.41, 5.74) is -4.96. The number of carbonyl (C=O) groups excluding carboxylic acids is 1. The number of alkyl halides is 6. The van der Waals surface area contributed by atoms with Crippen LogP contribution in [0.5, 0.6) is 11.5 Å². The number of hydrogen-bond donors (Lipinski definition) is 2. The minimum absolute atomic E-state index is 0.0185. The van der Waals surface area contributed by atoms with Crippen LogP contribution in [0, 0.1) is 0 Å². The third kappa shape index (κ3) is 6.27. The van der Waals surface area contributed by atoms with Crippen LogP contribution < -0.4 is 19.5 Å². The van der Waals surface area contributed by atoms with Crippen molar-refractivity contribution in [1.29, 1.82) is 0 Å². The number of hydrogen-bond acceptors (Lipinski definition) is 6. The molecule has 32 heavy (non-hydrogen) atoms. The molecule has 2 N–H and O–H groups in total. The minimum atomic E-state index is -5.65. The number of carbonyl (C=O) groups is 1. The maximum Gasteiger partial charge on any atom is 0.516 e. The lowest BCUT2D eigenvalue weighted by Gasteiger charge is -2.15. The Kier molecular flexibility index (Phi) is 7.64. The molecular formula is C17H17F6N3O5S. The number of halogens is 6. The fraction of sp³-hybridized carbons (Fsp3) is 0.412. The van der Waals surface area contributed by atoms with Crippen LogP contribution >= 0.6 is 0 Å². The van der Waals surface area contributed by atoms with Crippen LogP contribution in [-0.4, -0.2) is 58.7 Å². The smallest absolute Gasteiger partial charge is 0.496 e. The maximum atomic E-state index is 12.6. The average molecular weight is 489 g/mol. The van der Waals surface area contributed by atoms with Gasteiger partial charge >= 0.3 is 27.6 Å². The summed E-state index contributed by atoms with van der Waals surface area (Å²) in [5, 5.41) is 1.69. The van der Waals surface area contributed by atoms with Crippen LogP contribution in [0.4, 0.5) is 26.3 Å². The standard InChI is InChI=1S/C17H17F6N3O5S/c1-30-11-4-2-5-12(31-7-3-6-24-15(27)16(18,19)20)14(11)10-8-13(25-9-10)26-32(28,29)17(21,22)23/h2,4-5,8H,3,6-7,9H2,1H3,(H,24,27)(H,25,26). The second kappa shape index (κ2) is 9.67. The molecule has 0 spiro atoms. The van der Waals surface area contributed by atoms with Gasteiger partial charge in [0.15, 0.2) is 0 Å². The number of methoxy groups -OCH3 is 1. The van der Waals surface area contributed by atoms with Gasteiger partial charge in [0.25, 0.3) is 0 Å². The maximum absolute atomic E-state index is 12.6. The lowest BCUT2D eigenvalue weighted by Crippen LogP contribution is -2.39. The monoisotopic (exact) mass is 489 g/mol. The zero-order valence-corrected chi connectivity index (χ0v) is 17.1. The third-order valence-corrected chi connectivity index (χ3v) is 5.01. The summed E-state index contributed by atoms with van der Waals surface area (Å²) in [6, 6.07) is 4.53. The predicted octanol–water partition coefficient (Wildman–Crippen LogP) is 2.38. The second-order valence-corrected chi connectivity index (χ2v) is 7.89. The van der Waals surface area contributed by atoms with E-state index >= 15 is 0 Å². The number of aliphatic imine (C=N–C) groups is 1. The van der Waals surface area contributed by atoms with E-state index in [1.165, 1.54) is 30.0 Å². The molecule has 8 nitrogen and oxygen atoms in total. The molecular weight excluding hydrogens is 472 g/mol. The van der Waals surface area contributed by atoms with E-state index < -0.39 is 33.5 Å². The van der Waals surface area contributed by atoms with Crippen LogP contribution in [-0.2, 0) is 14.8 Å². The highest BCUT2D eigenvalue weighted by Crippen LogP contribution is 2.36. The van der Waals surface area contributed by atoms with Crippen molar-refractivity contribution in [3.05, 3.63) is 29.8 Å². The lowest BCUT2D eigenvalue weighted by molar-refractivity contribution is -0.173. The molecule has 0 fully saturated rings. The van der Waals surface area contributed by atoms with Crippen molar-refractivity contribution < 1.29 is 49.0 Å². The van der Waals surface area contributed by atoms with Gasteiger partial charge in [-0.1, -0.05) is 6.07 Å². The van der Waals surface area contributed by atoms with Crippen LogP contribution in [0.2, 0.25) is 0 Å². The summed E-state index contributed by atoms with van der Waals surface area (Å²) >= 11 is 0. The highest BCUT2D eigenvalue weighted by atomic mass is 32.2. The summed E-state index contributed by atoms with van der Waals surface area (Å²) in [7, 11) is -4.33. The number of nitrogens with zero attached hydrogens (tertiary/aromatic N) is 1. The molecule has 0 aliphatic carbocycles. The second-order valence-electron chi connectivity index (χ2n) is 6.21. The van der Waals surface area contributed by atoms with Crippen molar-refractivity contribution in [2.75, 3.05) is 26.8 Å². The van der Waals surface area contributed by atoms with Crippen LogP contribution in [0.1, 0.15) is 12.0 Å². The first kappa shape index (κ1) is 25.3. The van der Waals surface area contributed by atoms with Crippen molar-refractivity contribution in [3.8, 4) is 11.5 Å². The molecule has 1 aliphatic heterocycles. The van der Waals surface area contributed by atoms with E-state index in [9.17, 15) is 39.6 Å². The Balaban J connectivity index is 2.10. The first-order valence-electron chi connectivity index (χ1n) is 8.75. The first-order chi connectivity index (χ1) is 14.8. The zero-order chi connectivity index (χ0) is 24.2.